The fourth-order valence-electron chi connectivity index (χ4n) is 2.22. The standard InChI is InChI=1S/C14H15NO4/c1-2-9-19-14(18)15-8-7-11(13(16)17)10-5-3-4-6-12(10)15/h2-6,11H,1,7-9H2,(H,16,17). The smallest absolute Gasteiger partial charge is 0.414 e. The molecule has 0 radical (unpaired) electrons. The lowest BCUT2D eigenvalue weighted by atomic mass is 9.90. The third-order valence-electron chi connectivity index (χ3n) is 3.09. The molecule has 0 saturated heterocycles. The largest absolute Gasteiger partial charge is 0.481 e. The van der Waals surface area contributed by atoms with Gasteiger partial charge < -0.3 is 9.84 Å². The number of aliphatic carboxylic acids is 1. The molecule has 1 aromatic rings. The van der Waals surface area contributed by atoms with Gasteiger partial charge in [0.25, 0.3) is 0 Å². The lowest BCUT2D eigenvalue weighted by Crippen LogP contribution is -2.38. The normalized spacial score (nSPS) is 17.5. The molecule has 2 rings (SSSR count). The van der Waals surface area contributed by atoms with E-state index in [1.165, 1.54) is 11.0 Å². The Labute approximate surface area is 111 Å². The Morgan fingerprint density at radius 1 is 1.47 bits per heavy atom. The SMILES string of the molecule is C=CCOC(=O)N1CCC(C(=O)O)c2ccccc21. The van der Waals surface area contributed by atoms with Gasteiger partial charge >= 0.3 is 12.1 Å². The van der Waals surface area contributed by atoms with Crippen molar-refractivity contribution in [3.8, 4) is 0 Å². The van der Waals surface area contributed by atoms with Crippen LogP contribution in [0, 0.1) is 0 Å². The molecule has 1 amide bonds. The van der Waals surface area contributed by atoms with Gasteiger partial charge in [0.05, 0.1) is 11.6 Å². The highest BCUT2D eigenvalue weighted by Crippen LogP contribution is 2.35. The lowest BCUT2D eigenvalue weighted by Gasteiger charge is -2.31. The number of anilines is 1. The van der Waals surface area contributed by atoms with E-state index in [1.54, 1.807) is 24.3 Å². The topological polar surface area (TPSA) is 66.8 Å². The summed E-state index contributed by atoms with van der Waals surface area (Å²) in [6.07, 6.45) is 1.40. The maximum atomic E-state index is 11.9. The molecule has 1 aromatic carbocycles. The minimum Gasteiger partial charge on any atom is -0.481 e. The van der Waals surface area contributed by atoms with Gasteiger partial charge in [-0.25, -0.2) is 4.79 Å². The maximum absolute atomic E-state index is 11.9. The Hall–Kier alpha value is -2.30. The van der Waals surface area contributed by atoms with E-state index in [1.807, 2.05) is 0 Å². The van der Waals surface area contributed by atoms with E-state index in [0.29, 0.717) is 24.2 Å². The van der Waals surface area contributed by atoms with Crippen molar-refractivity contribution >= 4 is 17.7 Å². The molecule has 1 N–H and O–H groups in total. The Morgan fingerprint density at radius 2 is 2.21 bits per heavy atom. The highest BCUT2D eigenvalue weighted by Gasteiger charge is 2.32. The van der Waals surface area contributed by atoms with Crippen LogP contribution in [0.3, 0.4) is 0 Å². The van der Waals surface area contributed by atoms with Crippen molar-refractivity contribution in [1.29, 1.82) is 0 Å². The molecule has 5 nitrogen and oxygen atoms in total. The third-order valence-corrected chi connectivity index (χ3v) is 3.09. The van der Waals surface area contributed by atoms with E-state index in [4.69, 9.17) is 4.74 Å². The van der Waals surface area contributed by atoms with Crippen LogP contribution in [0.1, 0.15) is 17.9 Å². The van der Waals surface area contributed by atoms with Gasteiger partial charge in [-0.1, -0.05) is 30.9 Å². The van der Waals surface area contributed by atoms with Crippen molar-refractivity contribution in [3.63, 3.8) is 0 Å². The number of carboxylic acids is 1. The van der Waals surface area contributed by atoms with Crippen LogP contribution in [0.4, 0.5) is 10.5 Å². The zero-order chi connectivity index (χ0) is 13.8. The number of fused-ring (bicyclic) bond motifs is 1. The number of hydrogen-bond donors (Lipinski definition) is 1. The number of carboxylic acid groups (broad SMARTS) is 1. The van der Waals surface area contributed by atoms with E-state index in [0.717, 1.165) is 0 Å². The number of rotatable bonds is 3. The quantitative estimate of drug-likeness (QED) is 0.848. The number of para-hydroxylation sites is 1. The Kier molecular flexibility index (Phi) is 3.85. The second-order valence-corrected chi connectivity index (χ2v) is 4.26. The van der Waals surface area contributed by atoms with Crippen LogP contribution < -0.4 is 4.90 Å². The number of ether oxygens (including phenoxy) is 1. The molecule has 0 fully saturated rings. The van der Waals surface area contributed by atoms with Gasteiger partial charge in [0.15, 0.2) is 0 Å². The molecule has 1 atom stereocenters. The number of benzene rings is 1. The van der Waals surface area contributed by atoms with Crippen LogP contribution in [-0.2, 0) is 9.53 Å². The monoisotopic (exact) mass is 261 g/mol. The molecule has 0 bridgehead atoms. The van der Waals surface area contributed by atoms with E-state index < -0.39 is 18.0 Å². The van der Waals surface area contributed by atoms with Crippen molar-refractivity contribution in [1.82, 2.24) is 0 Å². The molecule has 0 saturated carbocycles. The van der Waals surface area contributed by atoms with Crippen LogP contribution in [0.25, 0.3) is 0 Å². The van der Waals surface area contributed by atoms with Gasteiger partial charge in [-0.3, -0.25) is 9.69 Å². The summed E-state index contributed by atoms with van der Waals surface area (Å²) < 4.78 is 5.00. The third kappa shape index (κ3) is 2.59. The predicted octanol–water partition coefficient (Wildman–Crippen LogP) is 2.39. The average Bonchev–Trinajstić information content (AvgIpc) is 2.43. The predicted molar refractivity (Wildman–Crippen MR) is 70.3 cm³/mol. The molecule has 1 aliphatic heterocycles. The number of nitrogens with zero attached hydrogens (tertiary/aromatic N) is 1. The Bertz CT molecular complexity index is 512. The van der Waals surface area contributed by atoms with Crippen LogP contribution >= 0.6 is 0 Å². The summed E-state index contributed by atoms with van der Waals surface area (Å²) in [4.78, 5) is 24.6. The van der Waals surface area contributed by atoms with Crippen molar-refractivity contribution in [3.05, 3.63) is 42.5 Å². The minimum atomic E-state index is -0.869. The summed E-state index contributed by atoms with van der Waals surface area (Å²) in [6.45, 7) is 3.96. The first-order valence-electron chi connectivity index (χ1n) is 6.02. The summed E-state index contributed by atoms with van der Waals surface area (Å²) in [5, 5.41) is 9.20. The molecule has 0 spiro atoms. The number of amides is 1. The second kappa shape index (κ2) is 5.56. The molecule has 19 heavy (non-hydrogen) atoms. The molecule has 0 aliphatic carbocycles. The van der Waals surface area contributed by atoms with Crippen LogP contribution in [0.5, 0.6) is 0 Å². The van der Waals surface area contributed by atoms with E-state index in [-0.39, 0.29) is 6.61 Å². The Morgan fingerprint density at radius 3 is 2.89 bits per heavy atom. The summed E-state index contributed by atoms with van der Waals surface area (Å²) in [6, 6.07) is 7.02. The van der Waals surface area contributed by atoms with E-state index >= 15 is 0 Å². The molecule has 0 aromatic heterocycles. The van der Waals surface area contributed by atoms with Gasteiger partial charge in [-0.2, -0.15) is 0 Å². The number of hydrogen-bond acceptors (Lipinski definition) is 3. The van der Waals surface area contributed by atoms with Gasteiger partial charge in [-0.15, -0.1) is 0 Å². The van der Waals surface area contributed by atoms with Crippen molar-refractivity contribution in [2.75, 3.05) is 18.1 Å². The first-order chi connectivity index (χ1) is 9.15. The average molecular weight is 261 g/mol. The number of carbonyl (C=O) groups excluding carboxylic acids is 1. The fraction of sp³-hybridized carbons (Fsp3) is 0.286. The maximum Gasteiger partial charge on any atom is 0.414 e. The summed E-state index contributed by atoms with van der Waals surface area (Å²) in [5.74, 6) is -1.44. The Balaban J connectivity index is 2.30. The summed E-state index contributed by atoms with van der Waals surface area (Å²) >= 11 is 0. The summed E-state index contributed by atoms with van der Waals surface area (Å²) in [7, 11) is 0. The second-order valence-electron chi connectivity index (χ2n) is 4.26. The van der Waals surface area contributed by atoms with Crippen molar-refractivity contribution < 1.29 is 19.4 Å². The minimum absolute atomic E-state index is 0.139. The molecular formula is C14H15NO4. The first-order valence-corrected chi connectivity index (χ1v) is 6.02. The molecule has 1 unspecified atom stereocenters. The molecule has 100 valence electrons. The van der Waals surface area contributed by atoms with E-state index in [9.17, 15) is 14.7 Å². The van der Waals surface area contributed by atoms with Crippen LogP contribution in [-0.4, -0.2) is 30.3 Å². The zero-order valence-corrected chi connectivity index (χ0v) is 10.4. The highest BCUT2D eigenvalue weighted by molar-refractivity contribution is 5.92. The molecular weight excluding hydrogens is 246 g/mol. The van der Waals surface area contributed by atoms with Crippen LogP contribution in [0.2, 0.25) is 0 Å². The van der Waals surface area contributed by atoms with Gasteiger partial charge in [-0.05, 0) is 18.1 Å². The van der Waals surface area contributed by atoms with Gasteiger partial charge in [0.2, 0.25) is 0 Å². The van der Waals surface area contributed by atoms with Crippen LogP contribution in [0.15, 0.2) is 36.9 Å². The van der Waals surface area contributed by atoms with Crippen molar-refractivity contribution in [2.24, 2.45) is 0 Å². The fourth-order valence-corrected chi connectivity index (χ4v) is 2.22. The lowest BCUT2D eigenvalue weighted by molar-refractivity contribution is -0.139. The van der Waals surface area contributed by atoms with Crippen molar-refractivity contribution in [2.45, 2.75) is 12.3 Å². The molecule has 1 heterocycles. The van der Waals surface area contributed by atoms with E-state index in [2.05, 4.69) is 6.58 Å². The van der Waals surface area contributed by atoms with Gasteiger partial charge in [0.1, 0.15) is 6.61 Å². The molecule has 1 aliphatic rings. The van der Waals surface area contributed by atoms with Gasteiger partial charge in [0, 0.05) is 6.54 Å². The number of carbonyl (C=O) groups is 2. The zero-order valence-electron chi connectivity index (χ0n) is 10.4. The molecule has 5 heteroatoms. The highest BCUT2D eigenvalue weighted by atomic mass is 16.6. The summed E-state index contributed by atoms with van der Waals surface area (Å²) in [5.41, 5.74) is 1.26. The first kappa shape index (κ1) is 13.1.